The molecule has 1 aliphatic heterocycles. The molecule has 3 aromatic rings. The zero-order chi connectivity index (χ0) is 23.9. The van der Waals surface area contributed by atoms with E-state index in [1.54, 1.807) is 28.8 Å². The molecule has 1 unspecified atom stereocenters. The van der Waals surface area contributed by atoms with Gasteiger partial charge in [0, 0.05) is 38.4 Å². The first kappa shape index (κ1) is 23.8. The number of rotatable bonds is 9. The van der Waals surface area contributed by atoms with Crippen molar-refractivity contribution in [2.75, 3.05) is 19.7 Å². The van der Waals surface area contributed by atoms with Crippen LogP contribution >= 0.6 is 0 Å². The van der Waals surface area contributed by atoms with Gasteiger partial charge in [0.15, 0.2) is 0 Å². The van der Waals surface area contributed by atoms with Gasteiger partial charge in [-0.25, -0.2) is 13.9 Å². The molecule has 7 nitrogen and oxygen atoms in total. The van der Waals surface area contributed by atoms with Crippen LogP contribution in [-0.4, -0.2) is 46.5 Å². The van der Waals surface area contributed by atoms with Crippen molar-refractivity contribution in [3.8, 4) is 22.9 Å². The van der Waals surface area contributed by atoms with Crippen LogP contribution in [0.25, 0.3) is 11.3 Å². The number of benzene rings is 2. The molecule has 2 aromatic carbocycles. The Morgan fingerprint density at radius 2 is 2.09 bits per heavy atom. The summed E-state index contributed by atoms with van der Waals surface area (Å²) in [6.45, 7) is 4.07. The van der Waals surface area contributed by atoms with E-state index in [-0.39, 0.29) is 24.5 Å². The number of nitrogens with one attached hydrogen (secondary N) is 1. The zero-order valence-corrected chi connectivity index (χ0v) is 19.7. The molecule has 1 aromatic heterocycles. The first-order valence-electron chi connectivity index (χ1n) is 11.7. The number of hydrogen-bond donors (Lipinski definition) is 1. The highest BCUT2D eigenvalue weighted by atomic mass is 19.1. The van der Waals surface area contributed by atoms with E-state index in [0.717, 1.165) is 36.1 Å². The molecule has 0 aliphatic carbocycles. The predicted octanol–water partition coefficient (Wildman–Crippen LogP) is 5.12. The molecule has 1 aliphatic rings. The lowest BCUT2D eigenvalue weighted by molar-refractivity contribution is 0.0793. The van der Waals surface area contributed by atoms with E-state index in [2.05, 4.69) is 5.32 Å². The molecule has 4 rings (SSSR count). The number of amides is 2. The first-order chi connectivity index (χ1) is 16.5. The van der Waals surface area contributed by atoms with Crippen molar-refractivity contribution >= 4 is 6.03 Å². The Morgan fingerprint density at radius 3 is 2.79 bits per heavy atom. The summed E-state index contributed by atoms with van der Waals surface area (Å²) in [6.07, 6.45) is 2.75. The third-order valence-electron chi connectivity index (χ3n) is 5.76. The van der Waals surface area contributed by atoms with Crippen LogP contribution in [0.3, 0.4) is 0 Å². The molecule has 2 amide bonds. The summed E-state index contributed by atoms with van der Waals surface area (Å²) in [5.74, 6) is 0.443. The zero-order valence-electron chi connectivity index (χ0n) is 19.7. The fourth-order valence-electron chi connectivity index (χ4n) is 4.08. The topological polar surface area (TPSA) is 68.6 Å². The van der Waals surface area contributed by atoms with Gasteiger partial charge in [-0.3, -0.25) is 0 Å². The summed E-state index contributed by atoms with van der Waals surface area (Å²) in [5, 5.41) is 7.70. The summed E-state index contributed by atoms with van der Waals surface area (Å²) in [6, 6.07) is 15.6. The van der Waals surface area contributed by atoms with Crippen molar-refractivity contribution in [3.63, 3.8) is 0 Å². The summed E-state index contributed by atoms with van der Waals surface area (Å²) >= 11 is 0. The molecule has 34 heavy (non-hydrogen) atoms. The quantitative estimate of drug-likeness (QED) is 0.475. The fraction of sp³-hybridized carbons (Fsp3) is 0.385. The number of halogens is 1. The highest BCUT2D eigenvalue weighted by Gasteiger charge is 2.27. The van der Waals surface area contributed by atoms with Crippen molar-refractivity contribution in [2.24, 2.45) is 7.05 Å². The van der Waals surface area contributed by atoms with E-state index in [1.165, 1.54) is 12.1 Å². The van der Waals surface area contributed by atoms with E-state index < -0.39 is 0 Å². The Bertz CT molecular complexity index is 1100. The monoisotopic (exact) mass is 466 g/mol. The van der Waals surface area contributed by atoms with Crippen molar-refractivity contribution < 1.29 is 18.7 Å². The number of nitrogens with zero attached hydrogens (tertiary/aromatic N) is 3. The van der Waals surface area contributed by atoms with Crippen LogP contribution in [0.15, 0.2) is 54.6 Å². The number of aromatic nitrogens is 2. The van der Waals surface area contributed by atoms with Crippen molar-refractivity contribution in [1.82, 2.24) is 20.0 Å². The molecule has 0 spiro atoms. The molecule has 180 valence electrons. The Morgan fingerprint density at radius 1 is 1.26 bits per heavy atom. The molecule has 1 atom stereocenters. The number of aryl methyl sites for hydroxylation is 1. The standard InChI is InChI=1S/C26H31FN4O3/c1-3-14-28-26(32)31(17-22-13-8-15-33-22)18-23-24(19-9-5-4-6-10-19)29-30(2)25(23)34-21-12-7-11-20(27)16-21/h4-7,9-12,16,22H,3,8,13-15,17-18H2,1-2H3,(H,28,32). The Kier molecular flexibility index (Phi) is 7.80. The summed E-state index contributed by atoms with van der Waals surface area (Å²) < 4.78 is 27.4. The van der Waals surface area contributed by atoms with Crippen LogP contribution in [0, 0.1) is 5.82 Å². The van der Waals surface area contributed by atoms with E-state index in [9.17, 15) is 9.18 Å². The van der Waals surface area contributed by atoms with Crippen LogP contribution in [0.5, 0.6) is 11.6 Å². The van der Waals surface area contributed by atoms with Gasteiger partial charge in [0.05, 0.1) is 18.2 Å². The third kappa shape index (κ3) is 5.75. The molecule has 0 saturated carbocycles. The van der Waals surface area contributed by atoms with Gasteiger partial charge in [0.25, 0.3) is 0 Å². The van der Waals surface area contributed by atoms with E-state index in [1.807, 2.05) is 37.3 Å². The fourth-order valence-corrected chi connectivity index (χ4v) is 4.08. The van der Waals surface area contributed by atoms with Crippen molar-refractivity contribution in [2.45, 2.75) is 38.8 Å². The minimum Gasteiger partial charge on any atom is -0.439 e. The van der Waals surface area contributed by atoms with Crippen LogP contribution < -0.4 is 10.1 Å². The second-order valence-electron chi connectivity index (χ2n) is 8.43. The SMILES string of the molecule is CCCNC(=O)N(Cc1c(-c2ccccc2)nn(C)c1Oc1cccc(F)c1)CC1CCCO1. The van der Waals surface area contributed by atoms with Crippen LogP contribution in [0.2, 0.25) is 0 Å². The second-order valence-corrected chi connectivity index (χ2v) is 8.43. The number of hydrogen-bond acceptors (Lipinski definition) is 4. The maximum Gasteiger partial charge on any atom is 0.317 e. The summed E-state index contributed by atoms with van der Waals surface area (Å²) in [5.41, 5.74) is 2.38. The first-order valence-corrected chi connectivity index (χ1v) is 11.7. The van der Waals surface area contributed by atoms with Gasteiger partial charge in [0.1, 0.15) is 17.3 Å². The molecule has 1 saturated heterocycles. The average Bonchev–Trinajstić information content (AvgIpc) is 3.46. The van der Waals surface area contributed by atoms with E-state index >= 15 is 0 Å². The summed E-state index contributed by atoms with van der Waals surface area (Å²) in [7, 11) is 1.78. The highest BCUT2D eigenvalue weighted by Crippen LogP contribution is 2.34. The van der Waals surface area contributed by atoms with Gasteiger partial charge in [-0.1, -0.05) is 43.3 Å². The molecule has 0 bridgehead atoms. The largest absolute Gasteiger partial charge is 0.439 e. The van der Waals surface area contributed by atoms with Crippen molar-refractivity contribution in [1.29, 1.82) is 0 Å². The normalized spacial score (nSPS) is 15.3. The third-order valence-corrected chi connectivity index (χ3v) is 5.76. The van der Waals surface area contributed by atoms with Crippen LogP contribution in [0.1, 0.15) is 31.7 Å². The van der Waals surface area contributed by atoms with Crippen LogP contribution in [0.4, 0.5) is 9.18 Å². The van der Waals surface area contributed by atoms with E-state index in [0.29, 0.717) is 31.3 Å². The molecule has 2 heterocycles. The average molecular weight is 467 g/mol. The number of urea groups is 1. The Balaban J connectivity index is 1.71. The maximum atomic E-state index is 13.8. The van der Waals surface area contributed by atoms with Gasteiger partial charge in [-0.2, -0.15) is 5.10 Å². The molecule has 8 heteroatoms. The van der Waals surface area contributed by atoms with E-state index in [4.69, 9.17) is 14.6 Å². The lowest BCUT2D eigenvalue weighted by Crippen LogP contribution is -2.43. The molecular weight excluding hydrogens is 435 g/mol. The molecule has 1 N–H and O–H groups in total. The van der Waals surface area contributed by atoms with Gasteiger partial charge < -0.3 is 19.7 Å². The number of carbonyl (C=O) groups excluding carboxylic acids is 1. The highest BCUT2D eigenvalue weighted by molar-refractivity contribution is 5.75. The lowest BCUT2D eigenvalue weighted by atomic mass is 10.1. The summed E-state index contributed by atoms with van der Waals surface area (Å²) in [4.78, 5) is 14.9. The minimum atomic E-state index is -0.386. The van der Waals surface area contributed by atoms with Crippen LogP contribution in [-0.2, 0) is 18.3 Å². The lowest BCUT2D eigenvalue weighted by Gasteiger charge is -2.26. The number of carbonyl (C=O) groups is 1. The minimum absolute atomic E-state index is 0.00295. The van der Waals surface area contributed by atoms with Gasteiger partial charge >= 0.3 is 6.03 Å². The van der Waals surface area contributed by atoms with Gasteiger partial charge in [0.2, 0.25) is 5.88 Å². The van der Waals surface area contributed by atoms with Gasteiger partial charge in [-0.15, -0.1) is 0 Å². The molecular formula is C26H31FN4O3. The number of ether oxygens (including phenoxy) is 2. The van der Waals surface area contributed by atoms with Crippen molar-refractivity contribution in [3.05, 3.63) is 66.0 Å². The second kappa shape index (κ2) is 11.2. The molecule has 1 fully saturated rings. The predicted molar refractivity (Wildman–Crippen MR) is 128 cm³/mol. The Hall–Kier alpha value is -3.39. The smallest absolute Gasteiger partial charge is 0.317 e. The molecule has 0 radical (unpaired) electrons. The van der Waals surface area contributed by atoms with Gasteiger partial charge in [-0.05, 0) is 31.4 Å². The maximum absolute atomic E-state index is 13.8. The Labute approximate surface area is 199 Å².